The van der Waals surface area contributed by atoms with Crippen molar-refractivity contribution in [2.75, 3.05) is 10.6 Å². The highest BCUT2D eigenvalue weighted by Crippen LogP contribution is 2.40. The third-order valence-electron chi connectivity index (χ3n) is 5.81. The molecule has 4 rings (SSSR count). The number of amidine groups is 1. The van der Waals surface area contributed by atoms with Gasteiger partial charge in [0.2, 0.25) is 0 Å². The van der Waals surface area contributed by atoms with Crippen molar-refractivity contribution in [1.29, 1.82) is 0 Å². The van der Waals surface area contributed by atoms with Crippen LogP contribution in [0.2, 0.25) is 5.02 Å². The summed E-state index contributed by atoms with van der Waals surface area (Å²) in [6, 6.07) is 16.5. The second-order valence-electron chi connectivity index (χ2n) is 8.08. The lowest BCUT2D eigenvalue weighted by atomic mass is 9.77. The average Bonchev–Trinajstić information content (AvgIpc) is 2.64. The molecule has 0 radical (unpaired) electrons. The Balaban J connectivity index is 1.69. The number of para-hydroxylation sites is 2. The van der Waals surface area contributed by atoms with Crippen LogP contribution >= 0.6 is 11.6 Å². The summed E-state index contributed by atoms with van der Waals surface area (Å²) in [6.45, 7) is 3.02. The van der Waals surface area contributed by atoms with E-state index < -0.39 is 0 Å². The Labute approximate surface area is 167 Å². The lowest BCUT2D eigenvalue weighted by Gasteiger charge is -2.44. The van der Waals surface area contributed by atoms with Crippen LogP contribution in [-0.2, 0) is 6.54 Å². The number of rotatable bonds is 2. The molecule has 1 aliphatic carbocycles. The molecular weight excluding hydrogens is 354 g/mol. The molecule has 4 heteroatoms. The van der Waals surface area contributed by atoms with Crippen molar-refractivity contribution in [1.82, 2.24) is 0 Å². The summed E-state index contributed by atoms with van der Waals surface area (Å²) in [6.07, 6.45) is 7.41. The predicted molar refractivity (Wildman–Crippen MR) is 116 cm³/mol. The van der Waals surface area contributed by atoms with Gasteiger partial charge in [0, 0.05) is 5.02 Å². The summed E-state index contributed by atoms with van der Waals surface area (Å²) < 4.78 is 0. The highest BCUT2D eigenvalue weighted by molar-refractivity contribution is 6.30. The molecule has 0 aromatic heterocycles. The maximum absolute atomic E-state index is 6.16. The zero-order chi connectivity index (χ0) is 18.7. The number of aliphatic imine (C=N–C) groups is 1. The molecule has 142 valence electrons. The van der Waals surface area contributed by atoms with E-state index in [1.807, 2.05) is 18.2 Å². The third-order valence-corrected chi connectivity index (χ3v) is 6.05. The maximum Gasteiger partial charge on any atom is 0.127 e. The molecule has 1 heterocycles. The number of hydrogen-bond acceptors (Lipinski definition) is 2. The van der Waals surface area contributed by atoms with E-state index in [0.717, 1.165) is 35.0 Å². The molecule has 1 aliphatic heterocycles. The first-order chi connectivity index (χ1) is 13.1. The van der Waals surface area contributed by atoms with E-state index in [2.05, 4.69) is 47.9 Å². The fourth-order valence-corrected chi connectivity index (χ4v) is 4.70. The largest absolute Gasteiger partial charge is 0.371 e. The van der Waals surface area contributed by atoms with Crippen molar-refractivity contribution in [3.05, 3.63) is 59.1 Å². The van der Waals surface area contributed by atoms with Gasteiger partial charge in [-0.15, -0.1) is 0 Å². The topological polar surface area (TPSA) is 36.4 Å². The van der Waals surface area contributed by atoms with Crippen molar-refractivity contribution in [3.8, 4) is 0 Å². The average molecular weight is 382 g/mol. The molecule has 2 N–H and O–H groups in total. The van der Waals surface area contributed by atoms with Crippen LogP contribution in [-0.4, -0.2) is 11.4 Å². The zero-order valence-corrected chi connectivity index (χ0v) is 16.7. The Morgan fingerprint density at radius 2 is 1.93 bits per heavy atom. The second kappa shape index (κ2) is 7.93. The van der Waals surface area contributed by atoms with E-state index >= 15 is 0 Å². The molecule has 1 spiro atoms. The van der Waals surface area contributed by atoms with Gasteiger partial charge in [-0.05, 0) is 48.6 Å². The predicted octanol–water partition coefficient (Wildman–Crippen LogP) is 6.51. The first-order valence-corrected chi connectivity index (χ1v) is 10.5. The Hall–Kier alpha value is -2.00. The number of anilines is 2. The number of hydrogen-bond donors (Lipinski definition) is 2. The van der Waals surface area contributed by atoms with Crippen molar-refractivity contribution in [2.24, 2.45) is 10.9 Å². The monoisotopic (exact) mass is 381 g/mol. The molecule has 2 atom stereocenters. The molecular formula is C23H28ClN3. The number of nitrogens with one attached hydrogen (secondary N) is 2. The smallest absolute Gasteiger partial charge is 0.127 e. The second-order valence-corrected chi connectivity index (χ2v) is 8.52. The molecule has 1 saturated carbocycles. The standard InChI is InChI=1S/C23H28ClN3/c1-17-8-3-2-6-13-23(15-17)22(25-16-18-9-7-10-19(24)14-18)26-20-11-4-5-12-21(20)27-23/h4-5,7,9-12,14,17,27H,2-3,6,8,13,15-16H2,1H3,(H,25,26). The Bertz CT molecular complexity index is 832. The quantitative estimate of drug-likeness (QED) is 0.622. The first-order valence-electron chi connectivity index (χ1n) is 10.1. The van der Waals surface area contributed by atoms with Gasteiger partial charge in [0.15, 0.2) is 0 Å². The minimum atomic E-state index is -0.104. The van der Waals surface area contributed by atoms with Crippen LogP contribution < -0.4 is 10.6 Å². The summed E-state index contributed by atoms with van der Waals surface area (Å²) >= 11 is 6.16. The van der Waals surface area contributed by atoms with Crippen molar-refractivity contribution in [3.63, 3.8) is 0 Å². The summed E-state index contributed by atoms with van der Waals surface area (Å²) in [5.41, 5.74) is 3.34. The van der Waals surface area contributed by atoms with Crippen LogP contribution in [0.4, 0.5) is 11.4 Å². The lowest BCUT2D eigenvalue weighted by molar-refractivity contribution is 0.343. The van der Waals surface area contributed by atoms with Crippen molar-refractivity contribution < 1.29 is 0 Å². The molecule has 1 fully saturated rings. The molecule has 2 aromatic carbocycles. The van der Waals surface area contributed by atoms with Gasteiger partial charge in [0.25, 0.3) is 0 Å². The summed E-state index contributed by atoms with van der Waals surface area (Å²) in [5, 5.41) is 8.32. The van der Waals surface area contributed by atoms with Crippen LogP contribution in [0, 0.1) is 5.92 Å². The van der Waals surface area contributed by atoms with E-state index in [9.17, 15) is 0 Å². The zero-order valence-electron chi connectivity index (χ0n) is 16.0. The van der Waals surface area contributed by atoms with Gasteiger partial charge in [-0.25, -0.2) is 0 Å². The van der Waals surface area contributed by atoms with Gasteiger partial charge in [0.05, 0.1) is 23.5 Å². The molecule has 0 bridgehead atoms. The SMILES string of the molecule is CC1CCCCCC2(C1)Nc1ccccc1NC2=NCc1cccc(Cl)c1. The van der Waals surface area contributed by atoms with Crippen LogP contribution in [0.5, 0.6) is 0 Å². The van der Waals surface area contributed by atoms with Crippen molar-refractivity contribution >= 4 is 28.8 Å². The molecule has 0 amide bonds. The Morgan fingerprint density at radius 3 is 2.78 bits per heavy atom. The van der Waals surface area contributed by atoms with E-state index in [1.54, 1.807) is 0 Å². The molecule has 2 aliphatic rings. The van der Waals surface area contributed by atoms with Gasteiger partial charge in [0.1, 0.15) is 5.84 Å². The van der Waals surface area contributed by atoms with Crippen LogP contribution in [0.1, 0.15) is 51.0 Å². The summed E-state index contributed by atoms with van der Waals surface area (Å²) in [4.78, 5) is 5.06. The normalized spacial score (nSPS) is 26.6. The Morgan fingerprint density at radius 1 is 1.07 bits per heavy atom. The van der Waals surface area contributed by atoms with Gasteiger partial charge in [-0.1, -0.05) is 68.5 Å². The van der Waals surface area contributed by atoms with Crippen LogP contribution in [0.25, 0.3) is 0 Å². The number of fused-ring (bicyclic) bond motifs is 1. The van der Waals surface area contributed by atoms with Gasteiger partial charge in [-0.2, -0.15) is 0 Å². The summed E-state index contributed by atoms with van der Waals surface area (Å²) in [5.74, 6) is 1.76. The van der Waals surface area contributed by atoms with E-state index in [0.29, 0.717) is 12.5 Å². The maximum atomic E-state index is 6.16. The minimum Gasteiger partial charge on any atom is -0.371 e. The van der Waals surface area contributed by atoms with Crippen LogP contribution in [0.15, 0.2) is 53.5 Å². The molecule has 0 saturated heterocycles. The molecule has 2 unspecified atom stereocenters. The number of nitrogens with zero attached hydrogens (tertiary/aromatic N) is 1. The summed E-state index contributed by atoms with van der Waals surface area (Å²) in [7, 11) is 0. The van der Waals surface area contributed by atoms with E-state index in [1.165, 1.54) is 31.4 Å². The first kappa shape index (κ1) is 18.4. The highest BCUT2D eigenvalue weighted by Gasteiger charge is 2.41. The van der Waals surface area contributed by atoms with Crippen molar-refractivity contribution in [2.45, 2.75) is 57.5 Å². The van der Waals surface area contributed by atoms with Gasteiger partial charge in [-0.3, -0.25) is 4.99 Å². The fraction of sp³-hybridized carbons (Fsp3) is 0.435. The molecule has 3 nitrogen and oxygen atoms in total. The number of benzene rings is 2. The lowest BCUT2D eigenvalue weighted by Crippen LogP contribution is -2.54. The van der Waals surface area contributed by atoms with E-state index in [-0.39, 0.29) is 5.54 Å². The number of halogens is 1. The fourth-order valence-electron chi connectivity index (χ4n) is 4.49. The van der Waals surface area contributed by atoms with Gasteiger partial charge >= 0.3 is 0 Å². The van der Waals surface area contributed by atoms with Crippen LogP contribution in [0.3, 0.4) is 0 Å². The minimum absolute atomic E-state index is 0.104. The highest BCUT2D eigenvalue weighted by atomic mass is 35.5. The van der Waals surface area contributed by atoms with Gasteiger partial charge < -0.3 is 10.6 Å². The molecule has 2 aromatic rings. The third kappa shape index (κ3) is 4.14. The Kier molecular flexibility index (Phi) is 5.40. The van der Waals surface area contributed by atoms with E-state index in [4.69, 9.17) is 16.6 Å². The molecule has 27 heavy (non-hydrogen) atoms.